The standard InChI is InChI=1S/C17H14ClN3O2/c18-14-4-2-1-3-13(14)15(22)11-21-10-9-20-17(21)16(23)12-5-7-19-8-6-12/h1-10,15,22H,11H2/t15-/m0/s1. The van der Waals surface area contributed by atoms with E-state index in [9.17, 15) is 9.90 Å². The maximum atomic E-state index is 12.5. The second kappa shape index (κ2) is 6.73. The number of rotatable bonds is 5. The van der Waals surface area contributed by atoms with Gasteiger partial charge in [-0.1, -0.05) is 29.8 Å². The zero-order valence-corrected chi connectivity index (χ0v) is 12.9. The lowest BCUT2D eigenvalue weighted by atomic mass is 10.1. The Hall–Kier alpha value is -2.50. The maximum absolute atomic E-state index is 12.5. The number of halogens is 1. The van der Waals surface area contributed by atoms with E-state index in [1.165, 1.54) is 6.20 Å². The number of ketones is 1. The highest BCUT2D eigenvalue weighted by Crippen LogP contribution is 2.24. The van der Waals surface area contributed by atoms with E-state index in [0.29, 0.717) is 16.1 Å². The van der Waals surface area contributed by atoms with Crippen LogP contribution in [0.3, 0.4) is 0 Å². The predicted octanol–water partition coefficient (Wildman–Crippen LogP) is 2.90. The summed E-state index contributed by atoms with van der Waals surface area (Å²) in [6, 6.07) is 10.3. The summed E-state index contributed by atoms with van der Waals surface area (Å²) in [6.45, 7) is 0.190. The van der Waals surface area contributed by atoms with Gasteiger partial charge in [-0.15, -0.1) is 0 Å². The lowest BCUT2D eigenvalue weighted by Gasteiger charge is -2.15. The number of aliphatic hydroxyl groups is 1. The number of pyridine rings is 1. The van der Waals surface area contributed by atoms with E-state index in [-0.39, 0.29) is 18.2 Å². The van der Waals surface area contributed by atoms with Gasteiger partial charge in [0, 0.05) is 40.9 Å². The van der Waals surface area contributed by atoms with E-state index in [4.69, 9.17) is 11.6 Å². The number of aliphatic hydroxyl groups excluding tert-OH is 1. The van der Waals surface area contributed by atoms with Crippen LogP contribution in [0.4, 0.5) is 0 Å². The van der Waals surface area contributed by atoms with Crippen LogP contribution in [0, 0.1) is 0 Å². The number of hydrogen-bond donors (Lipinski definition) is 1. The molecule has 1 aromatic carbocycles. The van der Waals surface area contributed by atoms with Crippen LogP contribution in [0.5, 0.6) is 0 Å². The molecular weight excluding hydrogens is 314 g/mol. The summed E-state index contributed by atoms with van der Waals surface area (Å²) in [5.41, 5.74) is 1.12. The molecule has 0 unspecified atom stereocenters. The number of aromatic nitrogens is 3. The van der Waals surface area contributed by atoms with E-state index in [1.807, 2.05) is 0 Å². The second-order valence-electron chi connectivity index (χ2n) is 5.01. The molecule has 0 bridgehead atoms. The maximum Gasteiger partial charge on any atom is 0.228 e. The molecule has 0 aliphatic rings. The number of imidazole rings is 1. The molecule has 6 heteroatoms. The predicted molar refractivity (Wildman–Crippen MR) is 86.3 cm³/mol. The Morgan fingerprint density at radius 1 is 1.17 bits per heavy atom. The lowest BCUT2D eigenvalue weighted by molar-refractivity contribution is 0.101. The van der Waals surface area contributed by atoms with Crippen LogP contribution in [0.15, 0.2) is 61.2 Å². The van der Waals surface area contributed by atoms with Crippen molar-refractivity contribution in [2.24, 2.45) is 0 Å². The summed E-state index contributed by atoms with van der Waals surface area (Å²) in [5.74, 6) is 0.0473. The van der Waals surface area contributed by atoms with E-state index in [1.54, 1.807) is 59.6 Å². The van der Waals surface area contributed by atoms with Gasteiger partial charge < -0.3 is 9.67 Å². The Kier molecular flexibility index (Phi) is 4.50. The normalized spacial score (nSPS) is 12.1. The summed E-state index contributed by atoms with van der Waals surface area (Å²) >= 11 is 6.10. The van der Waals surface area contributed by atoms with E-state index >= 15 is 0 Å². The Labute approximate surface area is 138 Å². The average Bonchev–Trinajstić information content (AvgIpc) is 3.03. The molecule has 116 valence electrons. The molecule has 0 radical (unpaired) electrons. The molecule has 0 amide bonds. The third kappa shape index (κ3) is 3.31. The van der Waals surface area contributed by atoms with Gasteiger partial charge in [0.15, 0.2) is 5.82 Å². The molecule has 2 aromatic heterocycles. The van der Waals surface area contributed by atoms with Crippen molar-refractivity contribution >= 4 is 17.4 Å². The van der Waals surface area contributed by atoms with Crippen molar-refractivity contribution in [2.75, 3.05) is 0 Å². The minimum absolute atomic E-state index is 0.190. The van der Waals surface area contributed by atoms with Crippen LogP contribution >= 0.6 is 11.6 Å². The Morgan fingerprint density at radius 2 is 1.91 bits per heavy atom. The number of hydrogen-bond acceptors (Lipinski definition) is 4. The van der Waals surface area contributed by atoms with Gasteiger partial charge in [-0.05, 0) is 18.2 Å². The summed E-state index contributed by atoms with van der Waals surface area (Å²) in [5, 5.41) is 10.9. The first-order valence-corrected chi connectivity index (χ1v) is 7.43. The Balaban J connectivity index is 1.84. The zero-order chi connectivity index (χ0) is 16.2. The minimum atomic E-state index is -0.832. The highest BCUT2D eigenvalue weighted by molar-refractivity contribution is 6.31. The van der Waals surface area contributed by atoms with Crippen molar-refractivity contribution in [3.8, 4) is 0 Å². The average molecular weight is 328 g/mol. The molecule has 0 saturated carbocycles. The van der Waals surface area contributed by atoms with Gasteiger partial charge in [0.1, 0.15) is 0 Å². The van der Waals surface area contributed by atoms with E-state index in [2.05, 4.69) is 9.97 Å². The Bertz CT molecular complexity index is 817. The van der Waals surface area contributed by atoms with Crippen LogP contribution in [0.2, 0.25) is 5.02 Å². The molecule has 1 atom stereocenters. The molecule has 0 fully saturated rings. The highest BCUT2D eigenvalue weighted by atomic mass is 35.5. The van der Waals surface area contributed by atoms with Crippen LogP contribution in [0.25, 0.3) is 0 Å². The monoisotopic (exact) mass is 327 g/mol. The van der Waals surface area contributed by atoms with Gasteiger partial charge in [-0.2, -0.15) is 0 Å². The zero-order valence-electron chi connectivity index (χ0n) is 12.1. The fourth-order valence-electron chi connectivity index (χ4n) is 2.33. The topological polar surface area (TPSA) is 68.0 Å². The van der Waals surface area contributed by atoms with Crippen LogP contribution in [-0.4, -0.2) is 25.4 Å². The molecule has 3 rings (SSSR count). The van der Waals surface area contributed by atoms with Crippen molar-refractivity contribution in [3.05, 3.63) is 83.2 Å². The second-order valence-corrected chi connectivity index (χ2v) is 5.41. The molecule has 1 N–H and O–H groups in total. The SMILES string of the molecule is O=C(c1ccncc1)c1nccn1C[C@H](O)c1ccccc1Cl. The third-order valence-electron chi connectivity index (χ3n) is 3.49. The molecular formula is C17H14ClN3O2. The first kappa shape index (κ1) is 15.4. The van der Waals surface area contributed by atoms with E-state index < -0.39 is 6.10 Å². The first-order chi connectivity index (χ1) is 11.2. The number of nitrogens with zero attached hydrogens (tertiary/aromatic N) is 3. The summed E-state index contributed by atoms with van der Waals surface area (Å²) in [6.07, 6.45) is 5.47. The van der Waals surface area contributed by atoms with Gasteiger partial charge in [0.2, 0.25) is 5.78 Å². The molecule has 5 nitrogen and oxygen atoms in total. The van der Waals surface area contributed by atoms with Gasteiger partial charge in [0.25, 0.3) is 0 Å². The van der Waals surface area contributed by atoms with Crippen molar-refractivity contribution in [1.82, 2.24) is 14.5 Å². The lowest BCUT2D eigenvalue weighted by Crippen LogP contribution is -2.15. The van der Waals surface area contributed by atoms with Gasteiger partial charge in [0.05, 0.1) is 12.6 Å². The molecule has 0 aliphatic carbocycles. The number of carbonyl (C=O) groups is 1. The third-order valence-corrected chi connectivity index (χ3v) is 3.84. The summed E-state index contributed by atoms with van der Waals surface area (Å²) < 4.78 is 1.62. The molecule has 2 heterocycles. The highest BCUT2D eigenvalue weighted by Gasteiger charge is 2.18. The van der Waals surface area contributed by atoms with Crippen LogP contribution in [-0.2, 0) is 6.54 Å². The van der Waals surface area contributed by atoms with E-state index in [0.717, 1.165) is 0 Å². The van der Waals surface area contributed by atoms with Crippen LogP contribution < -0.4 is 0 Å². The quantitative estimate of drug-likeness (QED) is 0.732. The smallest absolute Gasteiger partial charge is 0.228 e. The summed E-state index contributed by atoms with van der Waals surface area (Å²) in [7, 11) is 0. The van der Waals surface area contributed by atoms with Crippen molar-refractivity contribution in [2.45, 2.75) is 12.6 Å². The summed E-state index contributed by atoms with van der Waals surface area (Å²) in [4.78, 5) is 20.5. The molecule has 3 aromatic rings. The minimum Gasteiger partial charge on any atom is -0.386 e. The van der Waals surface area contributed by atoms with Gasteiger partial charge in [-0.25, -0.2) is 4.98 Å². The number of benzene rings is 1. The molecule has 0 aliphatic heterocycles. The van der Waals surface area contributed by atoms with Gasteiger partial charge in [-0.3, -0.25) is 9.78 Å². The fourth-order valence-corrected chi connectivity index (χ4v) is 2.59. The molecule has 23 heavy (non-hydrogen) atoms. The van der Waals surface area contributed by atoms with Crippen molar-refractivity contribution in [1.29, 1.82) is 0 Å². The Morgan fingerprint density at radius 3 is 2.65 bits per heavy atom. The van der Waals surface area contributed by atoms with Crippen molar-refractivity contribution < 1.29 is 9.90 Å². The first-order valence-electron chi connectivity index (χ1n) is 7.05. The number of carbonyl (C=O) groups excluding carboxylic acids is 1. The van der Waals surface area contributed by atoms with Gasteiger partial charge >= 0.3 is 0 Å². The molecule has 0 spiro atoms. The largest absolute Gasteiger partial charge is 0.386 e. The van der Waals surface area contributed by atoms with Crippen molar-refractivity contribution in [3.63, 3.8) is 0 Å². The fraction of sp³-hybridized carbons (Fsp3) is 0.118. The molecule has 0 saturated heterocycles. The van der Waals surface area contributed by atoms with Crippen LogP contribution in [0.1, 0.15) is 27.8 Å².